The summed E-state index contributed by atoms with van der Waals surface area (Å²) < 4.78 is 37.4. The number of carbonyl (C=O) groups is 1. The average molecular weight is 505 g/mol. The lowest BCUT2D eigenvalue weighted by Gasteiger charge is -2.26. The molecule has 0 unspecified atom stereocenters. The number of nitrogens with one attached hydrogen (secondary N) is 1. The fourth-order valence-electron chi connectivity index (χ4n) is 3.19. The summed E-state index contributed by atoms with van der Waals surface area (Å²) in [6, 6.07) is 11.9. The third-order valence-electron chi connectivity index (χ3n) is 4.91. The molecule has 1 aliphatic rings. The first-order valence-electron chi connectivity index (χ1n) is 10.1. The van der Waals surface area contributed by atoms with Crippen molar-refractivity contribution in [3.05, 3.63) is 64.0 Å². The lowest BCUT2D eigenvalue weighted by atomic mass is 10.2. The van der Waals surface area contributed by atoms with Gasteiger partial charge in [-0.15, -0.1) is 11.3 Å². The highest BCUT2D eigenvalue weighted by molar-refractivity contribution is 7.89. The smallest absolute Gasteiger partial charge is 0.273 e. The molecule has 2 heterocycles. The summed E-state index contributed by atoms with van der Waals surface area (Å²) in [6.45, 7) is 1.06. The topological polar surface area (TPSA) is 141 Å². The van der Waals surface area contributed by atoms with Crippen LogP contribution in [0.25, 0.3) is 11.3 Å². The molecule has 1 aliphatic heterocycles. The number of morpholine rings is 1. The maximum Gasteiger partial charge on any atom is 0.273 e. The highest BCUT2D eigenvalue weighted by atomic mass is 32.2. The van der Waals surface area contributed by atoms with Gasteiger partial charge in [0.1, 0.15) is 5.75 Å². The van der Waals surface area contributed by atoms with Crippen LogP contribution in [0.4, 0.5) is 10.8 Å². The first-order valence-corrected chi connectivity index (χ1v) is 12.5. The van der Waals surface area contributed by atoms with E-state index in [-0.39, 0.29) is 22.9 Å². The number of non-ortho nitro benzene ring substituents is 1. The SMILES string of the molecule is O=C(COc1cccc([N+](=O)[O-])c1)Nc1nc(-c2ccc(S(=O)(=O)N3CCOCC3)cc2)cs1. The second-order valence-electron chi connectivity index (χ2n) is 7.17. The van der Waals surface area contributed by atoms with Crippen molar-refractivity contribution in [3.63, 3.8) is 0 Å². The second kappa shape index (κ2) is 10.3. The molecule has 0 spiro atoms. The molecule has 3 aromatic rings. The van der Waals surface area contributed by atoms with E-state index in [0.717, 1.165) is 0 Å². The Balaban J connectivity index is 1.36. The van der Waals surface area contributed by atoms with Gasteiger partial charge >= 0.3 is 0 Å². The molecule has 0 atom stereocenters. The van der Waals surface area contributed by atoms with Crippen LogP contribution in [-0.4, -0.2) is 61.4 Å². The van der Waals surface area contributed by atoms with Crippen molar-refractivity contribution in [1.82, 2.24) is 9.29 Å². The highest BCUT2D eigenvalue weighted by Crippen LogP contribution is 2.27. The Hall–Kier alpha value is -3.39. The fraction of sp³-hybridized carbons (Fsp3) is 0.238. The minimum absolute atomic E-state index is 0.133. The maximum atomic E-state index is 12.7. The molecule has 1 fully saturated rings. The van der Waals surface area contributed by atoms with Gasteiger partial charge in [-0.25, -0.2) is 13.4 Å². The number of rotatable bonds is 8. The lowest BCUT2D eigenvalue weighted by Crippen LogP contribution is -2.40. The van der Waals surface area contributed by atoms with E-state index in [1.54, 1.807) is 17.5 Å². The van der Waals surface area contributed by atoms with Crippen molar-refractivity contribution in [2.45, 2.75) is 4.90 Å². The number of nitro groups is 1. The quantitative estimate of drug-likeness (QED) is 0.365. The van der Waals surface area contributed by atoms with Crippen LogP contribution in [0, 0.1) is 10.1 Å². The average Bonchev–Trinajstić information content (AvgIpc) is 3.32. The summed E-state index contributed by atoms with van der Waals surface area (Å²) in [6.07, 6.45) is 0. The number of nitro benzene ring substituents is 1. The Morgan fingerprint density at radius 3 is 2.65 bits per heavy atom. The Morgan fingerprint density at radius 2 is 1.94 bits per heavy atom. The number of thiazole rings is 1. The van der Waals surface area contributed by atoms with Crippen LogP contribution in [-0.2, 0) is 19.6 Å². The van der Waals surface area contributed by atoms with E-state index in [9.17, 15) is 23.3 Å². The molecule has 1 saturated heterocycles. The summed E-state index contributed by atoms with van der Waals surface area (Å²) in [5.74, 6) is -0.268. The number of anilines is 1. The van der Waals surface area contributed by atoms with E-state index < -0.39 is 20.9 Å². The summed E-state index contributed by atoms with van der Waals surface area (Å²) in [7, 11) is -3.58. The number of hydrogen-bond acceptors (Lipinski definition) is 9. The minimum Gasteiger partial charge on any atom is -0.484 e. The van der Waals surface area contributed by atoms with Gasteiger partial charge in [0.25, 0.3) is 11.6 Å². The highest BCUT2D eigenvalue weighted by Gasteiger charge is 2.26. The summed E-state index contributed by atoms with van der Waals surface area (Å²) in [5.41, 5.74) is 1.15. The van der Waals surface area contributed by atoms with Crippen molar-refractivity contribution in [2.75, 3.05) is 38.2 Å². The zero-order valence-electron chi connectivity index (χ0n) is 17.7. The summed E-state index contributed by atoms with van der Waals surface area (Å²) in [5, 5.41) is 15.5. The third-order valence-corrected chi connectivity index (χ3v) is 7.58. The van der Waals surface area contributed by atoms with Gasteiger partial charge in [0.05, 0.1) is 34.8 Å². The van der Waals surface area contributed by atoms with Crippen LogP contribution in [0.1, 0.15) is 0 Å². The van der Waals surface area contributed by atoms with E-state index >= 15 is 0 Å². The van der Waals surface area contributed by atoms with Gasteiger partial charge in [0, 0.05) is 30.1 Å². The molecule has 0 aliphatic carbocycles. The van der Waals surface area contributed by atoms with E-state index in [1.165, 1.54) is 52.0 Å². The monoisotopic (exact) mass is 504 g/mol. The van der Waals surface area contributed by atoms with Crippen LogP contribution >= 0.6 is 11.3 Å². The van der Waals surface area contributed by atoms with Crippen molar-refractivity contribution in [1.29, 1.82) is 0 Å². The number of ether oxygens (including phenoxy) is 2. The van der Waals surface area contributed by atoms with E-state index in [0.29, 0.717) is 42.7 Å². The van der Waals surface area contributed by atoms with Crippen LogP contribution in [0.15, 0.2) is 58.8 Å². The number of aromatic nitrogens is 1. The molecule has 1 N–H and O–H groups in total. The van der Waals surface area contributed by atoms with Gasteiger partial charge in [-0.1, -0.05) is 18.2 Å². The summed E-state index contributed by atoms with van der Waals surface area (Å²) >= 11 is 1.20. The Morgan fingerprint density at radius 1 is 1.21 bits per heavy atom. The molecule has 11 nitrogen and oxygen atoms in total. The molecule has 4 rings (SSSR count). The number of nitrogens with zero attached hydrogens (tertiary/aromatic N) is 3. The molecular weight excluding hydrogens is 484 g/mol. The van der Waals surface area contributed by atoms with Crippen molar-refractivity contribution in [3.8, 4) is 17.0 Å². The molecular formula is C21H20N4O7S2. The number of amides is 1. The maximum absolute atomic E-state index is 12.7. The number of benzene rings is 2. The molecule has 0 radical (unpaired) electrons. The van der Waals surface area contributed by atoms with Crippen molar-refractivity contribution < 1.29 is 27.6 Å². The molecule has 0 bridgehead atoms. The molecule has 1 aromatic heterocycles. The van der Waals surface area contributed by atoms with Gasteiger partial charge in [-0.3, -0.25) is 20.2 Å². The fourth-order valence-corrected chi connectivity index (χ4v) is 5.33. The molecule has 2 aromatic carbocycles. The normalized spacial score (nSPS) is 14.5. The van der Waals surface area contributed by atoms with Gasteiger partial charge in [-0.2, -0.15) is 4.31 Å². The standard InChI is InChI=1S/C21H20N4O7S2/c26-20(13-32-17-3-1-2-16(12-17)25(27)28)23-21-22-19(14-33-21)15-4-6-18(7-5-15)34(29,30)24-8-10-31-11-9-24/h1-7,12,14H,8-11,13H2,(H,22,23,26). The molecule has 0 saturated carbocycles. The summed E-state index contributed by atoms with van der Waals surface area (Å²) in [4.78, 5) is 27.0. The van der Waals surface area contributed by atoms with E-state index in [1.807, 2.05) is 0 Å². The second-order valence-corrected chi connectivity index (χ2v) is 9.97. The van der Waals surface area contributed by atoms with Crippen LogP contribution in [0.3, 0.4) is 0 Å². The lowest BCUT2D eigenvalue weighted by molar-refractivity contribution is -0.384. The molecule has 34 heavy (non-hydrogen) atoms. The van der Waals surface area contributed by atoms with Gasteiger partial charge < -0.3 is 9.47 Å². The predicted molar refractivity (Wildman–Crippen MR) is 124 cm³/mol. The first kappa shape index (κ1) is 23.8. The number of hydrogen-bond donors (Lipinski definition) is 1. The largest absolute Gasteiger partial charge is 0.484 e. The van der Waals surface area contributed by atoms with Crippen molar-refractivity contribution >= 4 is 38.1 Å². The van der Waals surface area contributed by atoms with E-state index in [2.05, 4.69) is 10.3 Å². The number of sulfonamides is 1. The predicted octanol–water partition coefficient (Wildman–Crippen LogP) is 2.76. The van der Waals surface area contributed by atoms with Crippen molar-refractivity contribution in [2.24, 2.45) is 0 Å². The van der Waals surface area contributed by atoms with Crippen LogP contribution in [0.5, 0.6) is 5.75 Å². The minimum atomic E-state index is -3.58. The van der Waals surface area contributed by atoms with E-state index in [4.69, 9.17) is 9.47 Å². The zero-order valence-corrected chi connectivity index (χ0v) is 19.4. The zero-order chi connectivity index (χ0) is 24.1. The third kappa shape index (κ3) is 5.56. The van der Waals surface area contributed by atoms with Gasteiger partial charge in [0.2, 0.25) is 10.0 Å². The van der Waals surface area contributed by atoms with Crippen LogP contribution < -0.4 is 10.1 Å². The number of carbonyl (C=O) groups excluding carboxylic acids is 1. The Labute approximate surface area is 199 Å². The molecule has 1 amide bonds. The molecule has 13 heteroatoms. The Kier molecular flexibility index (Phi) is 7.17. The first-order chi connectivity index (χ1) is 16.3. The Bertz CT molecular complexity index is 1290. The van der Waals surface area contributed by atoms with Gasteiger partial charge in [-0.05, 0) is 18.2 Å². The van der Waals surface area contributed by atoms with Gasteiger partial charge in [0.15, 0.2) is 11.7 Å². The molecule has 178 valence electrons. The van der Waals surface area contributed by atoms with Crippen LogP contribution in [0.2, 0.25) is 0 Å².